The predicted octanol–water partition coefficient (Wildman–Crippen LogP) is 2.24. The van der Waals surface area contributed by atoms with Crippen LogP contribution in [-0.2, 0) is 17.8 Å². The second-order valence-corrected chi connectivity index (χ2v) is 4.60. The normalized spacial score (nSPS) is 14.8. The SMILES string of the molecule is O=C(O)Cn1c2c(c3ccccc31)C(=O)CCC2. The van der Waals surface area contributed by atoms with Gasteiger partial charge in [0.05, 0.1) is 0 Å². The van der Waals surface area contributed by atoms with Gasteiger partial charge in [0.15, 0.2) is 5.78 Å². The van der Waals surface area contributed by atoms with Gasteiger partial charge in [-0.05, 0) is 18.9 Å². The molecular formula is C14H13NO3. The van der Waals surface area contributed by atoms with Crippen molar-refractivity contribution in [2.24, 2.45) is 0 Å². The van der Waals surface area contributed by atoms with Gasteiger partial charge >= 0.3 is 5.97 Å². The van der Waals surface area contributed by atoms with Crippen molar-refractivity contribution in [1.82, 2.24) is 4.57 Å². The van der Waals surface area contributed by atoms with E-state index in [1.807, 2.05) is 24.3 Å². The summed E-state index contributed by atoms with van der Waals surface area (Å²) in [4.78, 5) is 23.0. The monoisotopic (exact) mass is 243 g/mol. The van der Waals surface area contributed by atoms with E-state index in [0.717, 1.165) is 35.0 Å². The minimum absolute atomic E-state index is 0.0802. The molecule has 1 aromatic heterocycles. The van der Waals surface area contributed by atoms with Crippen LogP contribution < -0.4 is 0 Å². The average molecular weight is 243 g/mol. The molecule has 0 spiro atoms. The van der Waals surface area contributed by atoms with Gasteiger partial charge in [-0.3, -0.25) is 9.59 Å². The molecule has 1 aliphatic rings. The smallest absolute Gasteiger partial charge is 0.323 e. The van der Waals surface area contributed by atoms with Crippen LogP contribution in [-0.4, -0.2) is 21.4 Å². The summed E-state index contributed by atoms with van der Waals surface area (Å²) in [6.45, 7) is -0.0802. The maximum atomic E-state index is 12.0. The van der Waals surface area contributed by atoms with Crippen molar-refractivity contribution in [1.29, 1.82) is 0 Å². The van der Waals surface area contributed by atoms with Crippen molar-refractivity contribution in [3.05, 3.63) is 35.5 Å². The molecule has 4 heteroatoms. The molecule has 92 valence electrons. The van der Waals surface area contributed by atoms with Crippen molar-refractivity contribution in [3.63, 3.8) is 0 Å². The summed E-state index contributed by atoms with van der Waals surface area (Å²) in [7, 11) is 0. The van der Waals surface area contributed by atoms with Gasteiger partial charge in [0.25, 0.3) is 0 Å². The molecule has 3 rings (SSSR count). The summed E-state index contributed by atoms with van der Waals surface area (Å²) in [6.07, 6.45) is 2.15. The van der Waals surface area contributed by atoms with Crippen LogP contribution in [0.5, 0.6) is 0 Å². The van der Waals surface area contributed by atoms with Crippen molar-refractivity contribution < 1.29 is 14.7 Å². The lowest BCUT2D eigenvalue weighted by Crippen LogP contribution is -2.16. The summed E-state index contributed by atoms with van der Waals surface area (Å²) in [6, 6.07) is 7.53. The molecule has 0 atom stereocenters. The van der Waals surface area contributed by atoms with Crippen molar-refractivity contribution in [3.8, 4) is 0 Å². The second kappa shape index (κ2) is 3.98. The lowest BCUT2D eigenvalue weighted by Gasteiger charge is -2.13. The van der Waals surface area contributed by atoms with Gasteiger partial charge in [0.2, 0.25) is 0 Å². The number of aromatic nitrogens is 1. The quantitative estimate of drug-likeness (QED) is 0.880. The lowest BCUT2D eigenvalue weighted by molar-refractivity contribution is -0.137. The number of rotatable bonds is 2. The summed E-state index contributed by atoms with van der Waals surface area (Å²) >= 11 is 0. The number of hydrogen-bond acceptors (Lipinski definition) is 2. The van der Waals surface area contributed by atoms with Crippen LogP contribution in [0.15, 0.2) is 24.3 Å². The lowest BCUT2D eigenvalue weighted by atomic mass is 9.94. The van der Waals surface area contributed by atoms with Gasteiger partial charge in [-0.15, -0.1) is 0 Å². The highest BCUT2D eigenvalue weighted by molar-refractivity contribution is 6.10. The first-order valence-corrected chi connectivity index (χ1v) is 6.03. The molecule has 1 heterocycles. The van der Waals surface area contributed by atoms with Gasteiger partial charge in [0, 0.05) is 28.6 Å². The van der Waals surface area contributed by atoms with Crippen LogP contribution in [0.4, 0.5) is 0 Å². The fourth-order valence-corrected chi connectivity index (χ4v) is 2.78. The first-order chi connectivity index (χ1) is 8.68. The van der Waals surface area contributed by atoms with Crippen LogP contribution >= 0.6 is 0 Å². The van der Waals surface area contributed by atoms with Crippen LogP contribution in [0.25, 0.3) is 10.9 Å². The number of aliphatic carboxylic acids is 1. The molecule has 0 fully saturated rings. The molecule has 0 saturated carbocycles. The number of Topliss-reactive ketones (excluding diaryl/α,β-unsaturated/α-hetero) is 1. The molecule has 0 saturated heterocycles. The number of benzene rings is 1. The average Bonchev–Trinajstić information content (AvgIpc) is 2.65. The molecule has 2 aromatic rings. The van der Waals surface area contributed by atoms with Crippen LogP contribution in [0.1, 0.15) is 28.9 Å². The van der Waals surface area contributed by atoms with E-state index in [0.29, 0.717) is 6.42 Å². The Kier molecular flexibility index (Phi) is 2.44. The van der Waals surface area contributed by atoms with E-state index in [1.54, 1.807) is 4.57 Å². The van der Waals surface area contributed by atoms with E-state index in [-0.39, 0.29) is 12.3 Å². The Hall–Kier alpha value is -2.10. The third-order valence-electron chi connectivity index (χ3n) is 3.47. The van der Waals surface area contributed by atoms with Crippen LogP contribution in [0, 0.1) is 0 Å². The minimum atomic E-state index is -0.878. The molecule has 1 aromatic carbocycles. The summed E-state index contributed by atoms with van der Waals surface area (Å²) < 4.78 is 1.77. The molecule has 0 amide bonds. The number of nitrogens with zero attached hydrogens (tertiary/aromatic N) is 1. The Labute approximate surface area is 104 Å². The predicted molar refractivity (Wildman–Crippen MR) is 66.8 cm³/mol. The molecule has 4 nitrogen and oxygen atoms in total. The number of carbonyl (C=O) groups is 2. The van der Waals surface area contributed by atoms with Gasteiger partial charge in [-0.25, -0.2) is 0 Å². The van der Waals surface area contributed by atoms with Crippen molar-refractivity contribution in [2.75, 3.05) is 0 Å². The minimum Gasteiger partial charge on any atom is -0.480 e. The highest BCUT2D eigenvalue weighted by Crippen LogP contribution is 2.31. The Morgan fingerprint density at radius 1 is 1.28 bits per heavy atom. The largest absolute Gasteiger partial charge is 0.480 e. The molecule has 18 heavy (non-hydrogen) atoms. The summed E-state index contributed by atoms with van der Waals surface area (Å²) in [5.41, 5.74) is 2.47. The number of fused-ring (bicyclic) bond motifs is 3. The number of carboxylic acids is 1. The summed E-state index contributed by atoms with van der Waals surface area (Å²) in [5, 5.41) is 9.89. The highest BCUT2D eigenvalue weighted by atomic mass is 16.4. The fourth-order valence-electron chi connectivity index (χ4n) is 2.78. The van der Waals surface area contributed by atoms with Crippen molar-refractivity contribution in [2.45, 2.75) is 25.8 Å². The third kappa shape index (κ3) is 1.53. The zero-order valence-electron chi connectivity index (χ0n) is 9.85. The number of ketones is 1. The molecule has 1 aliphatic carbocycles. The molecule has 0 radical (unpaired) electrons. The maximum Gasteiger partial charge on any atom is 0.323 e. The summed E-state index contributed by atoms with van der Waals surface area (Å²) in [5.74, 6) is -0.742. The number of hydrogen-bond donors (Lipinski definition) is 1. The topological polar surface area (TPSA) is 59.3 Å². The van der Waals surface area contributed by atoms with E-state index in [1.165, 1.54) is 0 Å². The van der Waals surface area contributed by atoms with E-state index in [4.69, 9.17) is 5.11 Å². The van der Waals surface area contributed by atoms with Gasteiger partial charge in [-0.1, -0.05) is 18.2 Å². The van der Waals surface area contributed by atoms with Crippen molar-refractivity contribution >= 4 is 22.7 Å². The first kappa shape index (κ1) is 11.0. The fraction of sp³-hybridized carbons (Fsp3) is 0.286. The van der Waals surface area contributed by atoms with Gasteiger partial charge < -0.3 is 9.67 Å². The Morgan fingerprint density at radius 3 is 2.83 bits per heavy atom. The van der Waals surface area contributed by atoms with Crippen LogP contribution in [0.2, 0.25) is 0 Å². The number of para-hydroxylation sites is 1. The van der Waals surface area contributed by atoms with Crippen LogP contribution in [0.3, 0.4) is 0 Å². The highest BCUT2D eigenvalue weighted by Gasteiger charge is 2.25. The van der Waals surface area contributed by atoms with E-state index >= 15 is 0 Å². The number of carboxylic acid groups (broad SMARTS) is 1. The molecule has 0 unspecified atom stereocenters. The van der Waals surface area contributed by atoms with Gasteiger partial charge in [-0.2, -0.15) is 0 Å². The standard InChI is InChI=1S/C14H13NO3/c16-12-7-3-6-11-14(12)9-4-1-2-5-10(9)15(11)8-13(17)18/h1-2,4-5H,3,6-8H2,(H,17,18). The van der Waals surface area contributed by atoms with E-state index < -0.39 is 5.97 Å². The zero-order chi connectivity index (χ0) is 12.7. The molecule has 0 bridgehead atoms. The first-order valence-electron chi connectivity index (χ1n) is 6.03. The maximum absolute atomic E-state index is 12.0. The molecule has 0 aliphatic heterocycles. The molecule has 1 N–H and O–H groups in total. The Bertz CT molecular complexity index is 654. The van der Waals surface area contributed by atoms with E-state index in [2.05, 4.69) is 0 Å². The molecular weight excluding hydrogens is 230 g/mol. The second-order valence-electron chi connectivity index (χ2n) is 4.60. The number of carbonyl (C=O) groups excluding carboxylic acids is 1. The Morgan fingerprint density at radius 2 is 2.06 bits per heavy atom. The zero-order valence-corrected chi connectivity index (χ0v) is 9.85. The van der Waals surface area contributed by atoms with E-state index in [9.17, 15) is 9.59 Å². The van der Waals surface area contributed by atoms with Gasteiger partial charge in [0.1, 0.15) is 6.54 Å². The Balaban J connectivity index is 2.33. The third-order valence-corrected chi connectivity index (χ3v) is 3.47.